The molecule has 1 saturated carbocycles. The van der Waals surface area contributed by atoms with Crippen molar-refractivity contribution in [3.05, 3.63) is 96.6 Å². The molecule has 1 aliphatic heterocycles. The molecule has 0 radical (unpaired) electrons. The Morgan fingerprint density at radius 1 is 0.757 bits per heavy atom. The summed E-state index contributed by atoms with van der Waals surface area (Å²) in [5, 5.41) is 10.2. The van der Waals surface area contributed by atoms with Gasteiger partial charge in [-0.1, -0.05) is 79.6 Å². The Labute approximate surface area is 216 Å². The van der Waals surface area contributed by atoms with Gasteiger partial charge in [0.05, 0.1) is 23.3 Å². The molecule has 190 valence electrons. The Morgan fingerprint density at radius 2 is 1.27 bits per heavy atom. The van der Waals surface area contributed by atoms with Crippen LogP contribution in [0.3, 0.4) is 0 Å². The molecule has 2 aliphatic rings. The number of anilines is 2. The van der Waals surface area contributed by atoms with E-state index in [1.165, 1.54) is 4.90 Å². The lowest BCUT2D eigenvalue weighted by atomic mass is 9.77. The highest BCUT2D eigenvalue weighted by Gasteiger charge is 2.49. The smallest absolute Gasteiger partial charge is 0.329 e. The van der Waals surface area contributed by atoms with Gasteiger partial charge in [0, 0.05) is 13.1 Å². The molecular weight excluding hydrogens is 466 g/mol. The summed E-state index contributed by atoms with van der Waals surface area (Å²) in [5.74, 6) is -1.24. The SMILES string of the molecule is O=C(O)[C@@H]1CN(C(=O)N(c2ccccc2)c2ccccc2)CCN1C(=O)C1(c2ccccc2)CCCC1. The van der Waals surface area contributed by atoms with E-state index in [1.54, 1.807) is 9.80 Å². The number of amides is 3. The zero-order valence-electron chi connectivity index (χ0n) is 20.7. The van der Waals surface area contributed by atoms with Crippen LogP contribution in [0.25, 0.3) is 0 Å². The van der Waals surface area contributed by atoms with Gasteiger partial charge < -0.3 is 14.9 Å². The fraction of sp³-hybridized carbons (Fsp3) is 0.300. The third-order valence-corrected chi connectivity index (χ3v) is 7.61. The van der Waals surface area contributed by atoms with Crippen LogP contribution in [0.15, 0.2) is 91.0 Å². The predicted octanol–water partition coefficient (Wildman–Crippen LogP) is 5.05. The van der Waals surface area contributed by atoms with E-state index in [0.717, 1.165) is 18.4 Å². The molecule has 1 saturated heterocycles. The van der Waals surface area contributed by atoms with Crippen LogP contribution in [-0.4, -0.2) is 58.5 Å². The third kappa shape index (κ3) is 4.69. The van der Waals surface area contributed by atoms with Gasteiger partial charge >= 0.3 is 12.0 Å². The second-order valence-corrected chi connectivity index (χ2v) is 9.74. The Balaban J connectivity index is 1.42. The van der Waals surface area contributed by atoms with E-state index in [0.29, 0.717) is 24.2 Å². The van der Waals surface area contributed by atoms with Crippen LogP contribution in [0.5, 0.6) is 0 Å². The molecule has 0 aromatic heterocycles. The minimum absolute atomic E-state index is 0.0685. The standard InChI is InChI=1S/C30H31N3O4/c34-27(35)26-22-31(29(37)33(24-14-6-2-7-15-24)25-16-8-3-9-17-25)20-21-32(26)28(36)30(18-10-11-19-30)23-12-4-1-5-13-23/h1-9,12-17,26H,10-11,18-22H2,(H,34,35)/t26-/m0/s1. The molecule has 3 amide bonds. The van der Waals surface area contributed by atoms with Gasteiger partial charge in [0.2, 0.25) is 5.91 Å². The van der Waals surface area contributed by atoms with Crippen LogP contribution in [0.1, 0.15) is 31.2 Å². The third-order valence-electron chi connectivity index (χ3n) is 7.61. The number of carbonyl (C=O) groups is 3. The number of rotatable bonds is 5. The molecule has 0 bridgehead atoms. The molecule has 1 heterocycles. The van der Waals surface area contributed by atoms with E-state index in [-0.39, 0.29) is 31.6 Å². The lowest BCUT2D eigenvalue weighted by Crippen LogP contribution is -2.63. The van der Waals surface area contributed by atoms with Crippen molar-refractivity contribution in [1.29, 1.82) is 0 Å². The van der Waals surface area contributed by atoms with Crippen LogP contribution >= 0.6 is 0 Å². The number of hydrogen-bond donors (Lipinski definition) is 1. The topological polar surface area (TPSA) is 81.2 Å². The number of para-hydroxylation sites is 2. The average molecular weight is 498 g/mol. The second kappa shape index (κ2) is 10.5. The minimum atomic E-state index is -1.11. The maximum absolute atomic E-state index is 14.0. The first kappa shape index (κ1) is 24.6. The van der Waals surface area contributed by atoms with Crippen LogP contribution in [0.4, 0.5) is 16.2 Å². The summed E-state index contributed by atoms with van der Waals surface area (Å²) in [6.45, 7) is 0.365. The first-order valence-electron chi connectivity index (χ1n) is 12.8. The maximum atomic E-state index is 14.0. The Kier molecular flexibility index (Phi) is 6.95. The van der Waals surface area contributed by atoms with Gasteiger partial charge in [-0.2, -0.15) is 0 Å². The van der Waals surface area contributed by atoms with Crippen molar-refractivity contribution in [2.75, 3.05) is 24.5 Å². The molecule has 0 unspecified atom stereocenters. The van der Waals surface area contributed by atoms with E-state index in [1.807, 2.05) is 91.0 Å². The fourth-order valence-corrected chi connectivity index (χ4v) is 5.71. The summed E-state index contributed by atoms with van der Waals surface area (Å²) >= 11 is 0. The van der Waals surface area contributed by atoms with Crippen LogP contribution in [0, 0.1) is 0 Å². The summed E-state index contributed by atoms with van der Waals surface area (Å²) < 4.78 is 0. The number of hydrogen-bond acceptors (Lipinski definition) is 3. The first-order valence-corrected chi connectivity index (χ1v) is 12.8. The highest BCUT2D eigenvalue weighted by atomic mass is 16.4. The number of carbonyl (C=O) groups excluding carboxylic acids is 2. The van der Waals surface area contributed by atoms with Crippen molar-refractivity contribution < 1.29 is 19.5 Å². The molecule has 3 aromatic carbocycles. The van der Waals surface area contributed by atoms with Gasteiger partial charge in [-0.25, -0.2) is 9.59 Å². The van der Waals surface area contributed by atoms with Crippen molar-refractivity contribution >= 4 is 29.3 Å². The van der Waals surface area contributed by atoms with E-state index >= 15 is 0 Å². The summed E-state index contributed by atoms with van der Waals surface area (Å²) in [6.07, 6.45) is 3.27. The van der Waals surface area contributed by atoms with Gasteiger partial charge in [0.15, 0.2) is 0 Å². The van der Waals surface area contributed by atoms with Crippen molar-refractivity contribution in [3.8, 4) is 0 Å². The number of benzene rings is 3. The Morgan fingerprint density at radius 3 is 1.78 bits per heavy atom. The zero-order valence-corrected chi connectivity index (χ0v) is 20.7. The lowest BCUT2D eigenvalue weighted by molar-refractivity contribution is -0.155. The molecular formula is C30H31N3O4. The summed E-state index contributed by atoms with van der Waals surface area (Å²) in [7, 11) is 0. The molecule has 3 aromatic rings. The number of nitrogens with zero attached hydrogens (tertiary/aromatic N) is 3. The van der Waals surface area contributed by atoms with E-state index in [4.69, 9.17) is 0 Å². The van der Waals surface area contributed by atoms with Crippen LogP contribution < -0.4 is 4.90 Å². The zero-order chi connectivity index (χ0) is 25.8. The highest BCUT2D eigenvalue weighted by Crippen LogP contribution is 2.43. The van der Waals surface area contributed by atoms with Gasteiger partial charge in [-0.15, -0.1) is 0 Å². The molecule has 1 atom stereocenters. The molecule has 1 N–H and O–H groups in total. The molecule has 1 aliphatic carbocycles. The Bertz CT molecular complexity index is 1200. The Hall–Kier alpha value is -4.13. The lowest BCUT2D eigenvalue weighted by Gasteiger charge is -2.44. The monoisotopic (exact) mass is 497 g/mol. The van der Waals surface area contributed by atoms with Crippen molar-refractivity contribution in [1.82, 2.24) is 9.80 Å². The van der Waals surface area contributed by atoms with Gasteiger partial charge in [-0.3, -0.25) is 9.69 Å². The number of carboxylic acids is 1. The summed E-state index contributed by atoms with van der Waals surface area (Å²) in [6, 6.07) is 26.9. The summed E-state index contributed by atoms with van der Waals surface area (Å²) in [4.78, 5) is 45.0. The molecule has 37 heavy (non-hydrogen) atoms. The van der Waals surface area contributed by atoms with Crippen molar-refractivity contribution in [3.63, 3.8) is 0 Å². The van der Waals surface area contributed by atoms with Crippen molar-refractivity contribution in [2.45, 2.75) is 37.1 Å². The van der Waals surface area contributed by atoms with E-state index in [2.05, 4.69) is 0 Å². The van der Waals surface area contributed by atoms with Gasteiger partial charge in [0.25, 0.3) is 0 Å². The molecule has 7 heteroatoms. The molecule has 2 fully saturated rings. The van der Waals surface area contributed by atoms with Crippen LogP contribution in [0.2, 0.25) is 0 Å². The predicted molar refractivity (Wildman–Crippen MR) is 142 cm³/mol. The largest absolute Gasteiger partial charge is 0.480 e. The highest BCUT2D eigenvalue weighted by molar-refractivity contribution is 6.00. The average Bonchev–Trinajstić information content (AvgIpc) is 3.45. The number of piperazine rings is 1. The maximum Gasteiger partial charge on any atom is 0.329 e. The van der Waals surface area contributed by atoms with E-state index in [9.17, 15) is 19.5 Å². The quantitative estimate of drug-likeness (QED) is 0.535. The number of aliphatic carboxylic acids is 1. The van der Waals surface area contributed by atoms with Gasteiger partial charge in [-0.05, 0) is 42.7 Å². The molecule has 5 rings (SSSR count). The first-order chi connectivity index (χ1) is 18.0. The van der Waals surface area contributed by atoms with Crippen LogP contribution in [-0.2, 0) is 15.0 Å². The number of urea groups is 1. The molecule has 0 spiro atoms. The number of carboxylic acid groups (broad SMARTS) is 1. The van der Waals surface area contributed by atoms with Gasteiger partial charge in [0.1, 0.15) is 6.04 Å². The fourth-order valence-electron chi connectivity index (χ4n) is 5.71. The normalized spacial score (nSPS) is 18.9. The molecule has 7 nitrogen and oxygen atoms in total. The minimum Gasteiger partial charge on any atom is -0.480 e. The summed E-state index contributed by atoms with van der Waals surface area (Å²) in [5.41, 5.74) is 1.62. The van der Waals surface area contributed by atoms with E-state index < -0.39 is 17.4 Å². The second-order valence-electron chi connectivity index (χ2n) is 9.74. The van der Waals surface area contributed by atoms with Crippen molar-refractivity contribution in [2.24, 2.45) is 0 Å².